The van der Waals surface area contributed by atoms with Crippen LogP contribution >= 0.6 is 37.2 Å². The summed E-state index contributed by atoms with van der Waals surface area (Å²) in [6.45, 7) is 59.3. The third-order valence-electron chi connectivity index (χ3n) is 19.1. The summed E-state index contributed by atoms with van der Waals surface area (Å²) >= 11 is 5.30. The molecule has 0 fully saturated rings. The molecule has 13 nitrogen and oxygen atoms in total. The van der Waals surface area contributed by atoms with Crippen molar-refractivity contribution >= 4 is 79.3 Å². The molecule has 2 atom stereocenters. The number of rotatable bonds is 28. The molecule has 0 aromatic heterocycles. The quantitative estimate of drug-likeness (QED) is 0.0106. The van der Waals surface area contributed by atoms with Crippen molar-refractivity contribution in [3.63, 3.8) is 0 Å². The second kappa shape index (κ2) is 56.1. The molecular weight excluding hydrogens is 1650 g/mol. The van der Waals surface area contributed by atoms with Gasteiger partial charge in [0.2, 0.25) is 0 Å². The maximum atomic E-state index is 12.4. The zero-order valence-corrected chi connectivity index (χ0v) is 75.5. The minimum atomic E-state index is -0.996. The number of hydrogen-bond donors (Lipinski definition) is 0. The molecule has 0 saturated carbocycles. The van der Waals surface area contributed by atoms with E-state index < -0.39 is 29.8 Å². The van der Waals surface area contributed by atoms with Crippen LogP contribution < -0.4 is 13.3 Å². The number of allylic oxidation sites excluding steroid dienone is 11. The maximum absolute atomic E-state index is 12.4. The summed E-state index contributed by atoms with van der Waals surface area (Å²) < 4.78 is 30.9. The Hall–Kier alpha value is -3.14. The SMILES string of the molecule is C.C.C.CC1=C(CC/C(C)=C/C(C(=O)OC(C)C)C(=O)OC(C)C)C(C)(C)CCC1.CC1=C(CC/C(C)=C/CC(=O)OC(C)C)C(C)(C)CCC1.CC1=C(CCC(C)C=C(C(=O)OC(C)C)C(=O)OC(C)C)C(C)(C)CCC1.CC1=C(CCC(C)C=O)C(C)(C)CCC1.CCC(=O)OC(C)C.I[I-]I. The first-order chi connectivity index (χ1) is 46.6. The van der Waals surface area contributed by atoms with Gasteiger partial charge in [-0.1, -0.05) is 172 Å². The van der Waals surface area contributed by atoms with Crippen LogP contribution in [0.5, 0.6) is 0 Å². The van der Waals surface area contributed by atoms with Crippen LogP contribution in [-0.2, 0) is 62.0 Å². The van der Waals surface area contributed by atoms with Gasteiger partial charge in [0.25, 0.3) is 0 Å². The van der Waals surface area contributed by atoms with Gasteiger partial charge in [-0.15, -0.1) is 0 Å². The van der Waals surface area contributed by atoms with Gasteiger partial charge in [-0.05, 0) is 281 Å². The van der Waals surface area contributed by atoms with E-state index in [4.69, 9.17) is 28.4 Å². The summed E-state index contributed by atoms with van der Waals surface area (Å²) in [6.07, 6.45) is 29.3. The Balaban J connectivity index is -0.000000401. The summed E-state index contributed by atoms with van der Waals surface area (Å²) in [4.78, 5) is 82.1. The van der Waals surface area contributed by atoms with Crippen LogP contribution in [0.1, 0.15) is 364 Å². The number of carbonyl (C=O) groups is 7. The molecule has 0 spiro atoms. The molecule has 4 aliphatic carbocycles. The van der Waals surface area contributed by atoms with Crippen LogP contribution in [0.3, 0.4) is 0 Å². The van der Waals surface area contributed by atoms with E-state index in [2.05, 4.69) is 127 Å². The molecule has 0 bridgehead atoms. The third-order valence-corrected chi connectivity index (χ3v) is 19.1. The first-order valence-corrected chi connectivity index (χ1v) is 50.6. The Morgan fingerprint density at radius 2 is 0.721 bits per heavy atom. The van der Waals surface area contributed by atoms with Crippen LogP contribution in [0.25, 0.3) is 0 Å². The van der Waals surface area contributed by atoms with Crippen molar-refractivity contribution in [2.24, 2.45) is 39.4 Å². The van der Waals surface area contributed by atoms with E-state index in [0.29, 0.717) is 36.9 Å². The van der Waals surface area contributed by atoms with E-state index in [1.807, 2.05) is 54.5 Å². The first kappa shape index (κ1) is 109. The number of ether oxygens (including phenoxy) is 6. The summed E-state index contributed by atoms with van der Waals surface area (Å²) in [5.41, 5.74) is 15.9. The van der Waals surface area contributed by atoms with Crippen LogP contribution in [0.4, 0.5) is 0 Å². The van der Waals surface area contributed by atoms with Crippen molar-refractivity contribution in [3.05, 3.63) is 79.5 Å². The fraction of sp³-hybridized carbons (Fsp3) is 0.761. The van der Waals surface area contributed by atoms with Gasteiger partial charge in [0.1, 0.15) is 11.9 Å². The Labute approximate surface area is 668 Å². The van der Waals surface area contributed by atoms with E-state index in [0.717, 1.165) is 63.2 Å². The normalized spacial score (nSPS) is 17.2. The van der Waals surface area contributed by atoms with E-state index in [-0.39, 0.29) is 99.1 Å². The van der Waals surface area contributed by atoms with Gasteiger partial charge in [-0.2, -0.15) is 0 Å². The molecule has 608 valence electrons. The molecule has 4 rings (SSSR count). The van der Waals surface area contributed by atoms with Crippen molar-refractivity contribution in [2.45, 2.75) is 401 Å². The fourth-order valence-electron chi connectivity index (χ4n) is 13.7. The molecule has 0 aliphatic heterocycles. The van der Waals surface area contributed by atoms with Gasteiger partial charge in [0.05, 0.1) is 43.0 Å². The molecule has 4 aliphatic rings. The van der Waals surface area contributed by atoms with Crippen molar-refractivity contribution in [1.29, 1.82) is 0 Å². The second-order valence-corrected chi connectivity index (χ2v) is 49.1. The molecule has 0 amide bonds. The van der Waals surface area contributed by atoms with Crippen LogP contribution in [0.2, 0.25) is 0 Å². The van der Waals surface area contributed by atoms with Crippen LogP contribution in [0, 0.1) is 39.4 Å². The summed E-state index contributed by atoms with van der Waals surface area (Å²) in [6, 6.07) is 0. The number of halogens is 3. The van der Waals surface area contributed by atoms with Crippen molar-refractivity contribution in [1.82, 2.24) is 0 Å². The van der Waals surface area contributed by atoms with Crippen molar-refractivity contribution in [2.75, 3.05) is 0 Å². The number of esters is 6. The molecule has 104 heavy (non-hydrogen) atoms. The summed E-state index contributed by atoms with van der Waals surface area (Å²) in [7, 11) is 0. The van der Waals surface area contributed by atoms with Gasteiger partial charge >= 0.3 is 86.3 Å². The number of hydrogen-bond acceptors (Lipinski definition) is 13. The molecule has 0 aromatic rings. The van der Waals surface area contributed by atoms with Gasteiger partial charge < -0.3 is 33.2 Å². The van der Waals surface area contributed by atoms with Crippen molar-refractivity contribution in [3.8, 4) is 0 Å². The molecule has 0 saturated heterocycles. The molecular formula is C88H156I3O13-. The second-order valence-electron chi connectivity index (χ2n) is 32.8. The van der Waals surface area contributed by atoms with Crippen molar-refractivity contribution < 1.29 is 75.2 Å². The van der Waals surface area contributed by atoms with E-state index >= 15 is 0 Å². The molecule has 0 radical (unpaired) electrons. The zero-order chi connectivity index (χ0) is 78.3. The first-order valence-electron chi connectivity index (χ1n) is 38.0. The average Bonchev–Trinajstić information content (AvgIpc) is 0.840. The topological polar surface area (TPSA) is 175 Å². The molecule has 0 aromatic carbocycles. The molecule has 2 unspecified atom stereocenters. The molecule has 0 N–H and O–H groups in total. The van der Waals surface area contributed by atoms with E-state index in [1.54, 1.807) is 96.8 Å². The van der Waals surface area contributed by atoms with E-state index in [1.165, 1.54) is 105 Å². The molecule has 16 heteroatoms. The monoisotopic (exact) mass is 1800 g/mol. The number of carbonyl (C=O) groups excluding carboxylic acids is 7. The zero-order valence-electron chi connectivity index (χ0n) is 69.0. The third kappa shape index (κ3) is 47.0. The summed E-state index contributed by atoms with van der Waals surface area (Å²) in [5.74, 6) is -3.24. The van der Waals surface area contributed by atoms with Gasteiger partial charge in [-0.3, -0.25) is 19.2 Å². The van der Waals surface area contributed by atoms with Gasteiger partial charge in [0, 0.05) is 12.3 Å². The Kier molecular flexibility index (Phi) is 59.1. The Morgan fingerprint density at radius 1 is 0.433 bits per heavy atom. The van der Waals surface area contributed by atoms with Gasteiger partial charge in [0.15, 0.2) is 5.92 Å². The van der Waals surface area contributed by atoms with Crippen LogP contribution in [0.15, 0.2) is 79.5 Å². The predicted molar refractivity (Wildman–Crippen MR) is 452 cm³/mol. The minimum absolute atomic E-state index is 0. The Bertz CT molecular complexity index is 2750. The molecule has 0 heterocycles. The summed E-state index contributed by atoms with van der Waals surface area (Å²) in [5, 5.41) is 0. The average molecular weight is 1800 g/mol. The van der Waals surface area contributed by atoms with E-state index in [9.17, 15) is 33.6 Å². The standard InChI is InChI=1S/2C23H38O4.C19H32O2.C14H24O.C6H12O2.3CH4.I3/c2*1-15(2)26-21(24)19(22(25)27-16(3)4)14-17(5)11-12-20-18(6)10-9-13-23(20,7)8;1-14(2)21-18(20)12-10-15(3)9-11-17-16(4)8-7-13-19(17,5)6;1-11(10-15)7-8-13-12(2)6-5-9-14(13,3)4;1-4-6(7)8-5(2)3;;;;1-3-2/h14-16,19H,9-13H2,1-8H3;14-17H,9-13H2,1-8H3;10,14H,7-9,11-13H2,1-6H3;10-11H,5-9H2,1-4H3;5H,4H2,1-3H3;3*1H4;/q;;;;;;;;-1/b17-14+;;15-10+;;;;;;. The number of aldehydes is 1. The van der Waals surface area contributed by atoms with Crippen LogP contribution in [-0.4, -0.2) is 78.7 Å². The Morgan fingerprint density at radius 3 is 1.00 bits per heavy atom. The van der Waals surface area contributed by atoms with Gasteiger partial charge in [-0.25, -0.2) is 9.59 Å². The fourth-order valence-corrected chi connectivity index (χ4v) is 13.7. The predicted octanol–water partition coefficient (Wildman–Crippen LogP) is 23.3.